The monoisotopic (exact) mass is 265 g/mol. The first-order chi connectivity index (χ1) is 8.66. The van der Waals surface area contributed by atoms with Crippen LogP contribution in [0.2, 0.25) is 5.28 Å². The average molecular weight is 266 g/mol. The number of imidazole rings is 1. The van der Waals surface area contributed by atoms with E-state index in [2.05, 4.69) is 15.0 Å². The van der Waals surface area contributed by atoms with Crippen LogP contribution in [0.5, 0.6) is 0 Å². The number of hydrogen-bond donors (Lipinski definition) is 1. The van der Waals surface area contributed by atoms with Gasteiger partial charge in [0.15, 0.2) is 17.0 Å². The number of anilines is 1. The molecule has 7 heteroatoms. The number of aryl methyl sites for hydroxylation is 1. The molecule has 0 saturated carbocycles. The van der Waals surface area contributed by atoms with Crippen LogP contribution in [0.1, 0.15) is 12.2 Å². The largest absolute Gasteiger partial charge is 0.382 e. The molecule has 0 aromatic carbocycles. The van der Waals surface area contributed by atoms with Gasteiger partial charge < -0.3 is 15.0 Å². The molecule has 3 heterocycles. The van der Waals surface area contributed by atoms with E-state index in [4.69, 9.17) is 22.1 Å². The Morgan fingerprint density at radius 3 is 2.94 bits per heavy atom. The molecule has 0 fully saturated rings. The van der Waals surface area contributed by atoms with Gasteiger partial charge >= 0.3 is 0 Å². The fraction of sp³-hybridized carbons (Fsp3) is 0.364. The molecule has 2 aromatic rings. The predicted octanol–water partition coefficient (Wildman–Crippen LogP) is 1.40. The molecule has 1 aliphatic heterocycles. The van der Waals surface area contributed by atoms with E-state index in [1.54, 1.807) is 0 Å². The minimum atomic E-state index is 0.135. The number of aromatic nitrogens is 4. The fourth-order valence-electron chi connectivity index (χ4n) is 2.07. The molecule has 1 aliphatic rings. The van der Waals surface area contributed by atoms with Gasteiger partial charge in [0.1, 0.15) is 5.82 Å². The molecule has 2 aromatic heterocycles. The van der Waals surface area contributed by atoms with E-state index < -0.39 is 0 Å². The van der Waals surface area contributed by atoms with Gasteiger partial charge in [-0.1, -0.05) is 6.08 Å². The van der Waals surface area contributed by atoms with Crippen LogP contribution in [0, 0.1) is 0 Å². The maximum absolute atomic E-state index is 5.81. The van der Waals surface area contributed by atoms with Crippen molar-refractivity contribution in [1.29, 1.82) is 0 Å². The highest BCUT2D eigenvalue weighted by molar-refractivity contribution is 6.28. The zero-order valence-corrected chi connectivity index (χ0v) is 10.6. The van der Waals surface area contributed by atoms with Gasteiger partial charge in [0.2, 0.25) is 5.28 Å². The van der Waals surface area contributed by atoms with Crippen LogP contribution >= 0.6 is 11.6 Å². The minimum absolute atomic E-state index is 0.135. The van der Waals surface area contributed by atoms with Crippen molar-refractivity contribution in [3.8, 4) is 0 Å². The number of nitrogens with zero attached hydrogens (tertiary/aromatic N) is 4. The van der Waals surface area contributed by atoms with Crippen LogP contribution in [0.25, 0.3) is 16.7 Å². The molecule has 18 heavy (non-hydrogen) atoms. The molecule has 0 radical (unpaired) electrons. The van der Waals surface area contributed by atoms with Crippen LogP contribution in [-0.4, -0.2) is 32.7 Å². The smallest absolute Gasteiger partial charge is 0.226 e. The van der Waals surface area contributed by atoms with Crippen LogP contribution in [0.15, 0.2) is 6.08 Å². The lowest BCUT2D eigenvalue weighted by Gasteiger charge is -2.12. The van der Waals surface area contributed by atoms with E-state index in [0.717, 1.165) is 17.8 Å². The summed E-state index contributed by atoms with van der Waals surface area (Å²) in [5.41, 5.74) is 8.18. The summed E-state index contributed by atoms with van der Waals surface area (Å²) in [4.78, 5) is 12.6. The van der Waals surface area contributed by atoms with E-state index in [1.165, 1.54) is 0 Å². The normalized spacial score (nSPS) is 16.0. The van der Waals surface area contributed by atoms with Crippen LogP contribution in [0.4, 0.5) is 5.82 Å². The van der Waals surface area contributed by atoms with Crippen molar-refractivity contribution in [2.45, 2.75) is 6.42 Å². The van der Waals surface area contributed by atoms with Gasteiger partial charge in [0, 0.05) is 7.05 Å². The molecule has 0 spiro atoms. The molecule has 0 amide bonds. The summed E-state index contributed by atoms with van der Waals surface area (Å²) < 4.78 is 7.18. The average Bonchev–Trinajstić information content (AvgIpc) is 2.69. The maximum Gasteiger partial charge on any atom is 0.226 e. The lowest BCUT2D eigenvalue weighted by Crippen LogP contribution is -2.07. The van der Waals surface area contributed by atoms with Crippen molar-refractivity contribution in [2.75, 3.05) is 18.9 Å². The summed E-state index contributed by atoms with van der Waals surface area (Å²) in [6, 6.07) is 0. The third-order valence-electron chi connectivity index (χ3n) is 2.97. The number of halogens is 1. The Labute approximate surface area is 108 Å². The molecule has 0 aliphatic carbocycles. The first-order valence-electron chi connectivity index (χ1n) is 5.59. The van der Waals surface area contributed by atoms with E-state index in [-0.39, 0.29) is 5.28 Å². The topological polar surface area (TPSA) is 78.9 Å². The van der Waals surface area contributed by atoms with Crippen molar-refractivity contribution in [2.24, 2.45) is 7.05 Å². The predicted molar refractivity (Wildman–Crippen MR) is 69.1 cm³/mol. The Kier molecular flexibility index (Phi) is 2.68. The molecule has 3 rings (SSSR count). The van der Waals surface area contributed by atoms with E-state index >= 15 is 0 Å². The number of ether oxygens (including phenoxy) is 1. The van der Waals surface area contributed by atoms with Gasteiger partial charge in [-0.05, 0) is 23.6 Å². The summed E-state index contributed by atoms with van der Waals surface area (Å²) in [5, 5.41) is 0.135. The van der Waals surface area contributed by atoms with Crippen molar-refractivity contribution in [3.05, 3.63) is 17.2 Å². The first-order valence-corrected chi connectivity index (χ1v) is 5.97. The minimum Gasteiger partial charge on any atom is -0.382 e. The number of fused-ring (bicyclic) bond motifs is 1. The Morgan fingerprint density at radius 2 is 2.22 bits per heavy atom. The fourth-order valence-corrected chi connectivity index (χ4v) is 2.24. The lowest BCUT2D eigenvalue weighted by molar-refractivity contribution is 0.161. The van der Waals surface area contributed by atoms with E-state index in [1.807, 2.05) is 17.7 Å². The molecule has 0 atom stereocenters. The summed E-state index contributed by atoms with van der Waals surface area (Å²) in [5.74, 6) is 1.15. The van der Waals surface area contributed by atoms with Crippen molar-refractivity contribution in [1.82, 2.24) is 19.5 Å². The molecule has 2 N–H and O–H groups in total. The SMILES string of the molecule is Cn1c(C2=CCOCC2)nc2c(N)nc(Cl)nc21. The Bertz CT molecular complexity index is 648. The number of nitrogens with two attached hydrogens (primary N) is 1. The lowest BCUT2D eigenvalue weighted by atomic mass is 10.1. The number of nitrogen functional groups attached to an aromatic ring is 1. The second-order valence-corrected chi connectivity index (χ2v) is 4.44. The second kappa shape index (κ2) is 4.22. The molecule has 94 valence electrons. The zero-order chi connectivity index (χ0) is 12.7. The van der Waals surface area contributed by atoms with Gasteiger partial charge in [-0.25, -0.2) is 4.98 Å². The van der Waals surface area contributed by atoms with Gasteiger partial charge in [0.05, 0.1) is 13.2 Å². The zero-order valence-electron chi connectivity index (χ0n) is 9.85. The molecule has 6 nitrogen and oxygen atoms in total. The maximum atomic E-state index is 5.81. The second-order valence-electron chi connectivity index (χ2n) is 4.10. The van der Waals surface area contributed by atoms with Crippen LogP contribution in [0.3, 0.4) is 0 Å². The highest BCUT2D eigenvalue weighted by Crippen LogP contribution is 2.26. The van der Waals surface area contributed by atoms with Crippen molar-refractivity contribution >= 4 is 34.2 Å². The molecule has 0 saturated heterocycles. The molecule has 0 unspecified atom stereocenters. The third-order valence-corrected chi connectivity index (χ3v) is 3.14. The highest BCUT2D eigenvalue weighted by atomic mass is 35.5. The highest BCUT2D eigenvalue weighted by Gasteiger charge is 2.17. The standard InChI is InChI=1S/C11H12ClN5O/c1-17-9(6-2-4-18-5-3-6)14-7-8(13)15-11(12)16-10(7)17/h2H,3-5H2,1H3,(H2,13,15,16). The molecular weight excluding hydrogens is 254 g/mol. The summed E-state index contributed by atoms with van der Waals surface area (Å²) in [7, 11) is 1.89. The van der Waals surface area contributed by atoms with Gasteiger partial charge in [0.25, 0.3) is 0 Å². The molecule has 0 bridgehead atoms. The van der Waals surface area contributed by atoms with E-state index in [0.29, 0.717) is 30.2 Å². The summed E-state index contributed by atoms with van der Waals surface area (Å²) in [6.07, 6.45) is 2.86. The summed E-state index contributed by atoms with van der Waals surface area (Å²) >= 11 is 5.81. The van der Waals surface area contributed by atoms with E-state index in [9.17, 15) is 0 Å². The van der Waals surface area contributed by atoms with Gasteiger partial charge in [-0.15, -0.1) is 0 Å². The number of rotatable bonds is 1. The van der Waals surface area contributed by atoms with Crippen molar-refractivity contribution < 1.29 is 4.74 Å². The van der Waals surface area contributed by atoms with Crippen LogP contribution in [-0.2, 0) is 11.8 Å². The van der Waals surface area contributed by atoms with Gasteiger partial charge in [-0.3, -0.25) is 0 Å². The van der Waals surface area contributed by atoms with Crippen molar-refractivity contribution in [3.63, 3.8) is 0 Å². The first kappa shape index (κ1) is 11.4. The summed E-state index contributed by atoms with van der Waals surface area (Å²) in [6.45, 7) is 1.32. The van der Waals surface area contributed by atoms with Crippen LogP contribution < -0.4 is 5.73 Å². The third kappa shape index (κ3) is 1.74. The Balaban J connectivity index is 2.22. The number of hydrogen-bond acceptors (Lipinski definition) is 5. The molecular formula is C11H12ClN5O. The quantitative estimate of drug-likeness (QED) is 0.789. The Morgan fingerprint density at radius 1 is 1.39 bits per heavy atom. The van der Waals surface area contributed by atoms with Gasteiger partial charge in [-0.2, -0.15) is 9.97 Å². The Hall–Kier alpha value is -1.66.